The largest absolute Gasteiger partial charge is 0.344 e. The molecule has 0 atom stereocenters. The molecule has 3 heteroatoms. The molecule has 18 heavy (non-hydrogen) atoms. The highest BCUT2D eigenvalue weighted by atomic mass is 32.1. The first-order valence-electron chi connectivity index (χ1n) is 5.81. The third-order valence-corrected chi connectivity index (χ3v) is 3.00. The Labute approximate surface area is 112 Å². The van der Waals surface area contributed by atoms with Gasteiger partial charge in [-0.15, -0.1) is 0 Å². The fourth-order valence-corrected chi connectivity index (χ4v) is 1.95. The molecule has 0 aliphatic rings. The quantitative estimate of drug-likeness (QED) is 0.810. The van der Waals surface area contributed by atoms with Crippen LogP contribution in [0, 0.1) is 0 Å². The van der Waals surface area contributed by atoms with Crippen molar-refractivity contribution in [3.63, 3.8) is 0 Å². The molecule has 1 N–H and O–H groups in total. The van der Waals surface area contributed by atoms with Gasteiger partial charge in [0.15, 0.2) is 0 Å². The van der Waals surface area contributed by atoms with Crippen molar-refractivity contribution in [2.45, 2.75) is 6.04 Å². The van der Waals surface area contributed by atoms with Gasteiger partial charge < -0.3 is 5.32 Å². The Balaban J connectivity index is 2.32. The van der Waals surface area contributed by atoms with E-state index in [0.29, 0.717) is 0 Å². The summed E-state index contributed by atoms with van der Waals surface area (Å²) in [6.07, 6.45) is 0. The standard InChI is InChI=1S/C15H15NOS/c17-14(11-18)16-15(12-7-3-1-4-8-12)13-9-5-2-6-10-13/h1-10,15,18H,11H2,(H,16,17). The zero-order valence-electron chi connectivity index (χ0n) is 9.91. The van der Waals surface area contributed by atoms with Crippen molar-refractivity contribution in [1.29, 1.82) is 0 Å². The third-order valence-electron chi connectivity index (χ3n) is 2.71. The molecule has 0 aromatic heterocycles. The molecular weight excluding hydrogens is 242 g/mol. The topological polar surface area (TPSA) is 29.1 Å². The van der Waals surface area contributed by atoms with Gasteiger partial charge in [-0.1, -0.05) is 60.7 Å². The van der Waals surface area contributed by atoms with Crippen molar-refractivity contribution in [3.8, 4) is 0 Å². The zero-order chi connectivity index (χ0) is 12.8. The molecule has 92 valence electrons. The minimum absolute atomic E-state index is 0.0731. The van der Waals surface area contributed by atoms with Crippen LogP contribution in [0.25, 0.3) is 0 Å². The van der Waals surface area contributed by atoms with Crippen LogP contribution < -0.4 is 5.32 Å². The van der Waals surface area contributed by atoms with Gasteiger partial charge in [-0.3, -0.25) is 4.79 Å². The zero-order valence-corrected chi connectivity index (χ0v) is 10.8. The van der Waals surface area contributed by atoms with E-state index in [1.165, 1.54) is 0 Å². The SMILES string of the molecule is O=C(CS)NC(c1ccccc1)c1ccccc1. The number of hydrogen-bond donors (Lipinski definition) is 2. The average molecular weight is 257 g/mol. The molecule has 0 unspecified atom stereocenters. The van der Waals surface area contributed by atoms with Gasteiger partial charge in [-0.25, -0.2) is 0 Å². The fourth-order valence-electron chi connectivity index (χ4n) is 1.86. The lowest BCUT2D eigenvalue weighted by atomic mass is 9.99. The molecule has 2 aromatic carbocycles. The Bertz CT molecular complexity index is 459. The monoisotopic (exact) mass is 257 g/mol. The number of hydrogen-bond acceptors (Lipinski definition) is 2. The van der Waals surface area contributed by atoms with Gasteiger partial charge in [0.25, 0.3) is 0 Å². The molecule has 0 bridgehead atoms. The summed E-state index contributed by atoms with van der Waals surface area (Å²) in [7, 11) is 0. The van der Waals surface area contributed by atoms with Crippen LogP contribution in [0.5, 0.6) is 0 Å². The van der Waals surface area contributed by atoms with Crippen molar-refractivity contribution in [2.24, 2.45) is 0 Å². The number of rotatable bonds is 4. The normalized spacial score (nSPS) is 10.3. The average Bonchev–Trinajstić information content (AvgIpc) is 2.46. The second-order valence-electron chi connectivity index (χ2n) is 3.98. The van der Waals surface area contributed by atoms with Crippen molar-refractivity contribution < 1.29 is 4.79 Å². The fraction of sp³-hybridized carbons (Fsp3) is 0.133. The number of amides is 1. The second kappa shape index (κ2) is 6.26. The van der Waals surface area contributed by atoms with Gasteiger partial charge >= 0.3 is 0 Å². The summed E-state index contributed by atoms with van der Waals surface area (Å²) in [5.41, 5.74) is 2.14. The van der Waals surface area contributed by atoms with Crippen LogP contribution in [0.1, 0.15) is 17.2 Å². The van der Waals surface area contributed by atoms with Gasteiger partial charge in [-0.2, -0.15) is 12.6 Å². The first kappa shape index (κ1) is 12.7. The molecule has 0 fully saturated rings. The molecule has 1 amide bonds. The van der Waals surface area contributed by atoms with E-state index in [4.69, 9.17) is 0 Å². The van der Waals surface area contributed by atoms with Crippen LogP contribution >= 0.6 is 12.6 Å². The highest BCUT2D eigenvalue weighted by Crippen LogP contribution is 2.21. The number of nitrogens with one attached hydrogen (secondary N) is 1. The molecule has 0 heterocycles. The molecule has 0 aliphatic carbocycles. The molecular formula is C15H15NOS. The number of carbonyl (C=O) groups excluding carboxylic acids is 1. The van der Waals surface area contributed by atoms with Crippen LogP contribution in [0.3, 0.4) is 0 Å². The first-order chi connectivity index (χ1) is 8.81. The second-order valence-corrected chi connectivity index (χ2v) is 4.30. The summed E-state index contributed by atoms with van der Waals surface area (Å²) in [6, 6.07) is 19.7. The number of carbonyl (C=O) groups is 1. The number of benzene rings is 2. The Hall–Kier alpha value is -1.74. The molecule has 0 saturated heterocycles. The molecule has 0 saturated carbocycles. The Morgan fingerprint density at radius 3 is 1.78 bits per heavy atom. The van der Waals surface area contributed by atoms with Crippen LogP contribution in [0.2, 0.25) is 0 Å². The van der Waals surface area contributed by atoms with Crippen LogP contribution in [-0.2, 0) is 4.79 Å². The van der Waals surface area contributed by atoms with E-state index in [0.717, 1.165) is 11.1 Å². The highest BCUT2D eigenvalue weighted by Gasteiger charge is 2.15. The highest BCUT2D eigenvalue weighted by molar-refractivity contribution is 7.81. The van der Waals surface area contributed by atoms with Gasteiger partial charge in [0, 0.05) is 0 Å². The van der Waals surface area contributed by atoms with E-state index in [1.807, 2.05) is 60.7 Å². The molecule has 2 aromatic rings. The maximum absolute atomic E-state index is 11.6. The minimum Gasteiger partial charge on any atom is -0.344 e. The molecule has 2 nitrogen and oxygen atoms in total. The summed E-state index contributed by atoms with van der Waals surface area (Å²) in [6.45, 7) is 0. The summed E-state index contributed by atoms with van der Waals surface area (Å²) in [4.78, 5) is 11.6. The summed E-state index contributed by atoms with van der Waals surface area (Å²) < 4.78 is 0. The maximum Gasteiger partial charge on any atom is 0.230 e. The van der Waals surface area contributed by atoms with Gasteiger partial charge in [0.05, 0.1) is 11.8 Å². The Morgan fingerprint density at radius 2 is 1.39 bits per heavy atom. The Kier molecular flexibility index (Phi) is 4.42. The van der Waals surface area contributed by atoms with E-state index in [2.05, 4.69) is 17.9 Å². The molecule has 0 aliphatic heterocycles. The lowest BCUT2D eigenvalue weighted by molar-refractivity contribution is -0.119. The van der Waals surface area contributed by atoms with Crippen molar-refractivity contribution >= 4 is 18.5 Å². The predicted octanol–water partition coefficient (Wildman–Crippen LogP) is 2.82. The minimum atomic E-state index is -0.118. The van der Waals surface area contributed by atoms with E-state index >= 15 is 0 Å². The van der Waals surface area contributed by atoms with E-state index in [1.54, 1.807) is 0 Å². The predicted molar refractivity (Wildman–Crippen MR) is 76.7 cm³/mol. The van der Waals surface area contributed by atoms with Crippen LogP contribution in [0.15, 0.2) is 60.7 Å². The van der Waals surface area contributed by atoms with Crippen molar-refractivity contribution in [3.05, 3.63) is 71.8 Å². The van der Waals surface area contributed by atoms with E-state index in [-0.39, 0.29) is 17.7 Å². The van der Waals surface area contributed by atoms with Crippen LogP contribution in [0.4, 0.5) is 0 Å². The maximum atomic E-state index is 11.6. The van der Waals surface area contributed by atoms with E-state index < -0.39 is 0 Å². The summed E-state index contributed by atoms with van der Waals surface area (Å²) >= 11 is 4.00. The number of thiol groups is 1. The van der Waals surface area contributed by atoms with Gasteiger partial charge in [-0.05, 0) is 11.1 Å². The smallest absolute Gasteiger partial charge is 0.230 e. The molecule has 0 radical (unpaired) electrons. The first-order valence-corrected chi connectivity index (χ1v) is 6.44. The molecule has 0 spiro atoms. The summed E-state index contributed by atoms with van der Waals surface area (Å²) in [5.74, 6) is 0.118. The van der Waals surface area contributed by atoms with Crippen molar-refractivity contribution in [1.82, 2.24) is 5.32 Å². The third kappa shape index (κ3) is 3.14. The lowest BCUT2D eigenvalue weighted by Gasteiger charge is -2.19. The molecule has 2 rings (SSSR count). The lowest BCUT2D eigenvalue weighted by Crippen LogP contribution is -2.30. The van der Waals surface area contributed by atoms with Crippen molar-refractivity contribution in [2.75, 3.05) is 5.75 Å². The Morgan fingerprint density at radius 1 is 0.944 bits per heavy atom. The van der Waals surface area contributed by atoms with Crippen LogP contribution in [-0.4, -0.2) is 11.7 Å². The van der Waals surface area contributed by atoms with Gasteiger partial charge in [0.1, 0.15) is 0 Å². The van der Waals surface area contributed by atoms with E-state index in [9.17, 15) is 4.79 Å². The van der Waals surface area contributed by atoms with Gasteiger partial charge in [0.2, 0.25) is 5.91 Å². The summed E-state index contributed by atoms with van der Waals surface area (Å²) in [5, 5.41) is 2.98.